The third-order valence-electron chi connectivity index (χ3n) is 5.91. The van der Waals surface area contributed by atoms with Crippen molar-refractivity contribution in [3.63, 3.8) is 0 Å². The number of carbonyl (C=O) groups is 2. The molecule has 0 unspecified atom stereocenters. The molecular weight excluding hydrogens is 386 g/mol. The fourth-order valence-electron chi connectivity index (χ4n) is 4.13. The van der Waals surface area contributed by atoms with Crippen LogP contribution < -0.4 is 5.32 Å². The van der Waals surface area contributed by atoms with E-state index < -0.39 is 0 Å². The first-order valence-electron chi connectivity index (χ1n) is 11.0. The maximum absolute atomic E-state index is 12.7. The second-order valence-electron chi connectivity index (χ2n) is 8.21. The average molecular weight is 416 g/mol. The number of anilines is 1. The molecule has 1 aliphatic rings. The zero-order valence-corrected chi connectivity index (χ0v) is 18.0. The molecule has 0 bridgehead atoms. The molecule has 0 saturated carbocycles. The lowest BCUT2D eigenvalue weighted by Gasteiger charge is -2.21. The molecule has 3 amide bonds. The quantitative estimate of drug-likeness (QED) is 0.610. The Kier molecular flexibility index (Phi) is 6.51. The van der Waals surface area contributed by atoms with E-state index in [-0.39, 0.29) is 11.9 Å². The van der Waals surface area contributed by atoms with Crippen molar-refractivity contribution < 1.29 is 9.59 Å². The van der Waals surface area contributed by atoms with E-state index in [0.717, 1.165) is 36.9 Å². The van der Waals surface area contributed by atoms with Crippen LogP contribution in [0.25, 0.3) is 10.8 Å². The van der Waals surface area contributed by atoms with Gasteiger partial charge in [0.15, 0.2) is 0 Å². The fourth-order valence-corrected chi connectivity index (χ4v) is 4.13. The summed E-state index contributed by atoms with van der Waals surface area (Å²) in [5, 5.41) is 5.25. The molecule has 5 nitrogen and oxygen atoms in total. The Balaban J connectivity index is 1.38. The predicted octanol–water partition coefficient (Wildman–Crippen LogP) is 5.52. The number of carbonyl (C=O) groups excluding carboxylic acids is 2. The molecule has 0 aromatic heterocycles. The molecule has 1 aliphatic heterocycles. The van der Waals surface area contributed by atoms with Gasteiger partial charge in [-0.3, -0.25) is 4.79 Å². The van der Waals surface area contributed by atoms with E-state index in [1.807, 2.05) is 23.1 Å². The summed E-state index contributed by atoms with van der Waals surface area (Å²) in [7, 11) is 1.79. The van der Waals surface area contributed by atoms with Crippen molar-refractivity contribution in [3.05, 3.63) is 77.9 Å². The number of hydrogen-bond acceptors (Lipinski definition) is 2. The van der Waals surface area contributed by atoms with Crippen molar-refractivity contribution in [2.75, 3.05) is 25.5 Å². The second-order valence-corrected chi connectivity index (χ2v) is 8.21. The van der Waals surface area contributed by atoms with Crippen molar-refractivity contribution in [1.82, 2.24) is 9.80 Å². The molecular formula is C26H29N3O2. The molecule has 31 heavy (non-hydrogen) atoms. The minimum atomic E-state index is -0.181. The minimum absolute atomic E-state index is 0.0767. The van der Waals surface area contributed by atoms with Crippen molar-refractivity contribution in [2.24, 2.45) is 0 Å². The number of hydrogen-bond donors (Lipinski definition) is 1. The Hall–Kier alpha value is -3.34. The normalized spacial score (nSPS) is 14.2. The summed E-state index contributed by atoms with van der Waals surface area (Å²) in [6.07, 6.45) is 4.54. The Morgan fingerprint density at radius 1 is 0.871 bits per heavy atom. The lowest BCUT2D eigenvalue weighted by molar-refractivity contribution is 0.0761. The summed E-state index contributed by atoms with van der Waals surface area (Å²) in [6.45, 7) is 2.17. The standard InChI is InChI=1S/C26H29N3O2/c1-28(19-22-11-8-10-20-9-4-5-12-24(20)22)26(31)27-23-15-13-21(14-16-23)25(30)29-17-6-2-3-7-18-29/h4-5,8-16H,2-3,6-7,17-19H2,1H3,(H,27,31). The highest BCUT2D eigenvalue weighted by molar-refractivity contribution is 5.95. The van der Waals surface area contributed by atoms with E-state index in [2.05, 4.69) is 29.6 Å². The number of likely N-dealkylation sites (tertiary alicyclic amines) is 1. The molecule has 5 heteroatoms. The SMILES string of the molecule is CN(Cc1cccc2ccccc12)C(=O)Nc1ccc(C(=O)N2CCCCCC2)cc1. The Morgan fingerprint density at radius 2 is 1.55 bits per heavy atom. The second kappa shape index (κ2) is 9.65. The molecule has 0 spiro atoms. The largest absolute Gasteiger partial charge is 0.339 e. The van der Waals surface area contributed by atoms with Crippen LogP contribution in [0.3, 0.4) is 0 Å². The van der Waals surface area contributed by atoms with Crippen LogP contribution in [0.5, 0.6) is 0 Å². The van der Waals surface area contributed by atoms with Crippen LogP contribution in [0.2, 0.25) is 0 Å². The topological polar surface area (TPSA) is 52.7 Å². The van der Waals surface area contributed by atoms with Crippen LogP contribution in [-0.2, 0) is 6.54 Å². The van der Waals surface area contributed by atoms with E-state index in [4.69, 9.17) is 0 Å². The third-order valence-corrected chi connectivity index (χ3v) is 5.91. The van der Waals surface area contributed by atoms with Gasteiger partial charge in [-0.25, -0.2) is 4.79 Å². The van der Waals surface area contributed by atoms with Crippen LogP contribution >= 0.6 is 0 Å². The van der Waals surface area contributed by atoms with Gasteiger partial charge in [0.25, 0.3) is 5.91 Å². The summed E-state index contributed by atoms with van der Waals surface area (Å²) < 4.78 is 0. The van der Waals surface area contributed by atoms with Gasteiger partial charge in [0.1, 0.15) is 0 Å². The van der Waals surface area contributed by atoms with Gasteiger partial charge in [-0.05, 0) is 53.4 Å². The molecule has 0 aliphatic carbocycles. The zero-order chi connectivity index (χ0) is 21.6. The van der Waals surface area contributed by atoms with Crippen molar-refractivity contribution in [3.8, 4) is 0 Å². The highest BCUT2D eigenvalue weighted by atomic mass is 16.2. The molecule has 1 fully saturated rings. The fraction of sp³-hybridized carbons (Fsp3) is 0.308. The summed E-state index contributed by atoms with van der Waals surface area (Å²) in [4.78, 5) is 29.0. The molecule has 0 atom stereocenters. The number of benzene rings is 3. The average Bonchev–Trinajstić information content (AvgIpc) is 3.09. The van der Waals surface area contributed by atoms with Gasteiger partial charge < -0.3 is 15.1 Å². The van der Waals surface area contributed by atoms with Crippen LogP contribution in [0.1, 0.15) is 41.6 Å². The van der Waals surface area contributed by atoms with E-state index >= 15 is 0 Å². The third kappa shape index (κ3) is 5.05. The first kappa shape index (κ1) is 20.9. The summed E-state index contributed by atoms with van der Waals surface area (Å²) in [5.41, 5.74) is 2.46. The molecule has 4 rings (SSSR count). The van der Waals surface area contributed by atoms with E-state index in [1.54, 1.807) is 36.2 Å². The molecule has 3 aromatic rings. The highest BCUT2D eigenvalue weighted by Crippen LogP contribution is 2.20. The van der Waals surface area contributed by atoms with Crippen LogP contribution in [0, 0.1) is 0 Å². The van der Waals surface area contributed by atoms with Gasteiger partial charge in [0.2, 0.25) is 0 Å². The van der Waals surface area contributed by atoms with Gasteiger partial charge in [-0.2, -0.15) is 0 Å². The van der Waals surface area contributed by atoms with Gasteiger partial charge in [0.05, 0.1) is 0 Å². The molecule has 160 valence electrons. The monoisotopic (exact) mass is 415 g/mol. The lowest BCUT2D eigenvalue weighted by atomic mass is 10.0. The first-order valence-corrected chi connectivity index (χ1v) is 11.0. The summed E-state index contributed by atoms with van der Waals surface area (Å²) in [5.74, 6) is 0.0767. The van der Waals surface area contributed by atoms with Crippen LogP contribution in [0.4, 0.5) is 10.5 Å². The number of fused-ring (bicyclic) bond motifs is 1. The molecule has 0 radical (unpaired) electrons. The van der Waals surface area contributed by atoms with Crippen LogP contribution in [-0.4, -0.2) is 41.9 Å². The Morgan fingerprint density at radius 3 is 2.29 bits per heavy atom. The maximum atomic E-state index is 12.7. The lowest BCUT2D eigenvalue weighted by Crippen LogP contribution is -2.32. The van der Waals surface area contributed by atoms with Crippen molar-refractivity contribution in [2.45, 2.75) is 32.2 Å². The molecule has 1 heterocycles. The summed E-state index contributed by atoms with van der Waals surface area (Å²) in [6, 6.07) is 21.4. The van der Waals surface area contributed by atoms with Crippen molar-refractivity contribution >= 4 is 28.4 Å². The molecule has 3 aromatic carbocycles. The molecule has 1 N–H and O–H groups in total. The number of amides is 3. The van der Waals surface area contributed by atoms with Gasteiger partial charge in [0, 0.05) is 37.9 Å². The van der Waals surface area contributed by atoms with Gasteiger partial charge >= 0.3 is 6.03 Å². The molecule has 1 saturated heterocycles. The minimum Gasteiger partial charge on any atom is -0.339 e. The van der Waals surface area contributed by atoms with E-state index in [1.165, 1.54) is 18.2 Å². The van der Waals surface area contributed by atoms with Crippen molar-refractivity contribution in [1.29, 1.82) is 0 Å². The summed E-state index contributed by atoms with van der Waals surface area (Å²) >= 11 is 0. The Labute approximate surface area is 183 Å². The maximum Gasteiger partial charge on any atom is 0.321 e. The zero-order valence-electron chi connectivity index (χ0n) is 18.0. The number of urea groups is 1. The Bertz CT molecular complexity index is 1050. The van der Waals surface area contributed by atoms with Gasteiger partial charge in [-0.15, -0.1) is 0 Å². The van der Waals surface area contributed by atoms with E-state index in [9.17, 15) is 9.59 Å². The first-order chi connectivity index (χ1) is 15.1. The number of nitrogens with zero attached hydrogens (tertiary/aromatic N) is 2. The van der Waals surface area contributed by atoms with Crippen LogP contribution in [0.15, 0.2) is 66.7 Å². The number of rotatable bonds is 4. The number of nitrogens with one attached hydrogen (secondary N) is 1. The van der Waals surface area contributed by atoms with Gasteiger partial charge in [-0.1, -0.05) is 55.3 Å². The predicted molar refractivity (Wildman–Crippen MR) is 125 cm³/mol. The highest BCUT2D eigenvalue weighted by Gasteiger charge is 2.17. The smallest absolute Gasteiger partial charge is 0.321 e. The van der Waals surface area contributed by atoms with E-state index in [0.29, 0.717) is 17.8 Å².